The molecule has 2 rings (SSSR count). The van der Waals surface area contributed by atoms with Crippen molar-refractivity contribution in [2.45, 2.75) is 19.7 Å². The minimum atomic E-state index is 0.438. The Morgan fingerprint density at radius 1 is 1.06 bits per heavy atom. The van der Waals surface area contributed by atoms with E-state index in [1.165, 1.54) is 11.1 Å². The van der Waals surface area contributed by atoms with Gasteiger partial charge < -0.3 is 4.74 Å². The highest BCUT2D eigenvalue weighted by Crippen LogP contribution is 2.30. The summed E-state index contributed by atoms with van der Waals surface area (Å²) in [6.07, 6.45) is 0. The molecule has 0 unspecified atom stereocenters. The number of benzene rings is 2. The molecule has 0 bridgehead atoms. The van der Waals surface area contributed by atoms with Crippen LogP contribution in [0.15, 0.2) is 40.9 Å². The Kier molecular flexibility index (Phi) is 4.31. The van der Waals surface area contributed by atoms with E-state index >= 15 is 0 Å². The Hall–Kier alpha value is -0.990. The van der Waals surface area contributed by atoms with Crippen LogP contribution in [0.5, 0.6) is 11.5 Å². The second-order valence-electron chi connectivity index (χ2n) is 4.23. The van der Waals surface area contributed by atoms with E-state index in [0.29, 0.717) is 5.88 Å². The molecule has 0 N–H and O–H groups in total. The van der Waals surface area contributed by atoms with Crippen molar-refractivity contribution in [3.05, 3.63) is 57.6 Å². The molecular weight excluding hydrogens is 312 g/mol. The van der Waals surface area contributed by atoms with Gasteiger partial charge in [0.1, 0.15) is 11.5 Å². The molecule has 0 radical (unpaired) electrons. The van der Waals surface area contributed by atoms with Crippen LogP contribution in [-0.2, 0) is 5.88 Å². The highest BCUT2D eigenvalue weighted by molar-refractivity contribution is 9.10. The van der Waals surface area contributed by atoms with Gasteiger partial charge in [0, 0.05) is 10.0 Å². The summed E-state index contributed by atoms with van der Waals surface area (Å²) in [5, 5.41) is 0. The second-order valence-corrected chi connectivity index (χ2v) is 5.42. The van der Waals surface area contributed by atoms with Gasteiger partial charge in [-0.2, -0.15) is 0 Å². The Balaban J connectivity index is 2.33. The molecule has 94 valence electrons. The van der Waals surface area contributed by atoms with Crippen LogP contribution in [0.4, 0.5) is 0 Å². The third-order valence-electron chi connectivity index (χ3n) is 2.88. The molecule has 1 nitrogen and oxygen atoms in total. The van der Waals surface area contributed by atoms with Gasteiger partial charge in [-0.3, -0.25) is 0 Å². The number of aryl methyl sites for hydroxylation is 2. The summed E-state index contributed by atoms with van der Waals surface area (Å²) in [7, 11) is 0. The molecule has 0 fully saturated rings. The van der Waals surface area contributed by atoms with E-state index in [0.717, 1.165) is 21.5 Å². The van der Waals surface area contributed by atoms with Crippen molar-refractivity contribution in [2.75, 3.05) is 0 Å². The van der Waals surface area contributed by atoms with E-state index in [-0.39, 0.29) is 0 Å². The summed E-state index contributed by atoms with van der Waals surface area (Å²) < 4.78 is 6.88. The van der Waals surface area contributed by atoms with E-state index < -0.39 is 0 Å². The lowest BCUT2D eigenvalue weighted by molar-refractivity contribution is 0.477. The van der Waals surface area contributed by atoms with Gasteiger partial charge in [-0.05, 0) is 49.2 Å². The van der Waals surface area contributed by atoms with Crippen LogP contribution in [0.2, 0.25) is 0 Å². The monoisotopic (exact) mass is 324 g/mol. The van der Waals surface area contributed by atoms with Gasteiger partial charge in [0.05, 0.1) is 5.88 Å². The van der Waals surface area contributed by atoms with Crippen LogP contribution in [0, 0.1) is 13.8 Å². The van der Waals surface area contributed by atoms with Crippen molar-refractivity contribution >= 4 is 27.5 Å². The predicted molar refractivity (Wildman–Crippen MR) is 79.7 cm³/mol. The average Bonchev–Trinajstić information content (AvgIpc) is 2.34. The zero-order valence-electron chi connectivity index (χ0n) is 10.3. The maximum absolute atomic E-state index is 5.91. The van der Waals surface area contributed by atoms with Crippen molar-refractivity contribution in [3.8, 4) is 11.5 Å². The van der Waals surface area contributed by atoms with Gasteiger partial charge in [-0.1, -0.05) is 28.1 Å². The van der Waals surface area contributed by atoms with E-state index in [1.807, 2.05) is 30.3 Å². The Morgan fingerprint density at radius 2 is 1.83 bits per heavy atom. The number of ether oxygens (including phenoxy) is 1. The maximum Gasteiger partial charge on any atom is 0.132 e. The number of hydrogen-bond acceptors (Lipinski definition) is 1. The third-order valence-corrected chi connectivity index (χ3v) is 3.66. The highest BCUT2D eigenvalue weighted by atomic mass is 79.9. The number of rotatable bonds is 3. The normalized spacial score (nSPS) is 10.4. The smallest absolute Gasteiger partial charge is 0.132 e. The van der Waals surface area contributed by atoms with Gasteiger partial charge in [0.2, 0.25) is 0 Å². The lowest BCUT2D eigenvalue weighted by Crippen LogP contribution is -1.91. The first-order chi connectivity index (χ1) is 8.60. The van der Waals surface area contributed by atoms with Gasteiger partial charge >= 0.3 is 0 Å². The first-order valence-electron chi connectivity index (χ1n) is 5.69. The standard InChI is InChI=1S/C15H14BrClO/c1-10-3-6-14(7-11(10)2)18-15-8-13(16)5-4-12(15)9-17/h3-8H,9H2,1-2H3. The van der Waals surface area contributed by atoms with Crippen molar-refractivity contribution in [2.24, 2.45) is 0 Å². The summed E-state index contributed by atoms with van der Waals surface area (Å²) in [6, 6.07) is 11.9. The lowest BCUT2D eigenvalue weighted by atomic mass is 10.1. The fraction of sp³-hybridized carbons (Fsp3) is 0.200. The minimum Gasteiger partial charge on any atom is -0.457 e. The molecule has 0 saturated heterocycles. The van der Waals surface area contributed by atoms with Crippen LogP contribution in [0.3, 0.4) is 0 Å². The molecule has 0 amide bonds. The molecule has 0 aromatic heterocycles. The van der Waals surface area contributed by atoms with Crippen molar-refractivity contribution in [1.82, 2.24) is 0 Å². The quantitative estimate of drug-likeness (QED) is 0.668. The summed E-state index contributed by atoms with van der Waals surface area (Å²) in [6.45, 7) is 4.16. The van der Waals surface area contributed by atoms with E-state index in [1.54, 1.807) is 0 Å². The molecular formula is C15H14BrClO. The van der Waals surface area contributed by atoms with Crippen LogP contribution in [0.1, 0.15) is 16.7 Å². The Morgan fingerprint density at radius 3 is 2.50 bits per heavy atom. The molecule has 2 aromatic rings. The number of halogens is 2. The molecule has 2 aromatic carbocycles. The van der Waals surface area contributed by atoms with Crippen molar-refractivity contribution in [1.29, 1.82) is 0 Å². The van der Waals surface area contributed by atoms with Crippen LogP contribution >= 0.6 is 27.5 Å². The Bertz CT molecular complexity index is 566. The summed E-state index contributed by atoms with van der Waals surface area (Å²) in [4.78, 5) is 0. The van der Waals surface area contributed by atoms with Crippen LogP contribution in [0.25, 0.3) is 0 Å². The van der Waals surface area contributed by atoms with Gasteiger partial charge in [-0.15, -0.1) is 11.6 Å². The predicted octanol–water partition coefficient (Wildman–Crippen LogP) is 5.60. The lowest BCUT2D eigenvalue weighted by Gasteiger charge is -2.11. The fourth-order valence-electron chi connectivity index (χ4n) is 1.64. The molecule has 0 spiro atoms. The molecule has 0 saturated carbocycles. The SMILES string of the molecule is Cc1ccc(Oc2cc(Br)ccc2CCl)cc1C. The molecule has 0 aliphatic rings. The maximum atomic E-state index is 5.91. The van der Waals surface area contributed by atoms with Crippen LogP contribution < -0.4 is 4.74 Å². The molecule has 3 heteroatoms. The molecule has 18 heavy (non-hydrogen) atoms. The highest BCUT2D eigenvalue weighted by Gasteiger charge is 2.06. The van der Waals surface area contributed by atoms with Crippen molar-refractivity contribution < 1.29 is 4.74 Å². The largest absolute Gasteiger partial charge is 0.457 e. The molecule has 0 heterocycles. The molecule has 0 aliphatic carbocycles. The first-order valence-corrected chi connectivity index (χ1v) is 7.02. The topological polar surface area (TPSA) is 9.23 Å². The Labute approximate surface area is 121 Å². The van der Waals surface area contributed by atoms with E-state index in [9.17, 15) is 0 Å². The zero-order chi connectivity index (χ0) is 13.1. The summed E-state index contributed by atoms with van der Waals surface area (Å²) >= 11 is 9.35. The second kappa shape index (κ2) is 5.77. The molecule has 0 atom stereocenters. The zero-order valence-corrected chi connectivity index (χ0v) is 12.7. The van der Waals surface area contributed by atoms with Gasteiger partial charge in [-0.25, -0.2) is 0 Å². The van der Waals surface area contributed by atoms with Gasteiger partial charge in [0.25, 0.3) is 0 Å². The molecule has 0 aliphatic heterocycles. The summed E-state index contributed by atoms with van der Waals surface area (Å²) in [5.41, 5.74) is 3.46. The third kappa shape index (κ3) is 3.06. The van der Waals surface area contributed by atoms with Crippen LogP contribution in [-0.4, -0.2) is 0 Å². The van der Waals surface area contributed by atoms with E-state index in [2.05, 4.69) is 35.8 Å². The average molecular weight is 326 g/mol. The summed E-state index contributed by atoms with van der Waals surface area (Å²) in [5.74, 6) is 2.07. The fourth-order valence-corrected chi connectivity index (χ4v) is 2.20. The van der Waals surface area contributed by atoms with Gasteiger partial charge in [0.15, 0.2) is 0 Å². The van der Waals surface area contributed by atoms with E-state index in [4.69, 9.17) is 16.3 Å². The number of alkyl halides is 1. The first kappa shape index (κ1) is 13.4. The minimum absolute atomic E-state index is 0.438. The van der Waals surface area contributed by atoms with Crippen molar-refractivity contribution in [3.63, 3.8) is 0 Å². The number of hydrogen-bond donors (Lipinski definition) is 0.